The van der Waals surface area contributed by atoms with E-state index in [4.69, 9.17) is 11.6 Å². The number of nitrogens with zero attached hydrogens (tertiary/aromatic N) is 2. The summed E-state index contributed by atoms with van der Waals surface area (Å²) in [6, 6.07) is 12.4. The van der Waals surface area contributed by atoms with E-state index in [0.29, 0.717) is 16.3 Å². The molecule has 92 valence electrons. The van der Waals surface area contributed by atoms with E-state index in [1.807, 2.05) is 24.3 Å². The highest BCUT2D eigenvalue weighted by Crippen LogP contribution is 2.17. The number of halogens is 1. The number of fused-ring (bicyclic) bond motifs is 1. The van der Waals surface area contributed by atoms with Gasteiger partial charge in [0, 0.05) is 28.9 Å². The highest BCUT2D eigenvalue weighted by Gasteiger charge is 2.10. The summed E-state index contributed by atoms with van der Waals surface area (Å²) >= 11 is 5.80. The number of ketones is 1. The smallest absolute Gasteiger partial charge is 0.193 e. The van der Waals surface area contributed by atoms with Gasteiger partial charge in [-0.1, -0.05) is 17.7 Å². The van der Waals surface area contributed by atoms with Crippen LogP contribution in [0.2, 0.25) is 5.15 Å². The lowest BCUT2D eigenvalue weighted by atomic mass is 10.0. The van der Waals surface area contributed by atoms with Crippen molar-refractivity contribution in [2.75, 3.05) is 0 Å². The van der Waals surface area contributed by atoms with Gasteiger partial charge < -0.3 is 0 Å². The topological polar surface area (TPSA) is 42.9 Å². The lowest BCUT2D eigenvalue weighted by Gasteiger charge is -2.03. The molecule has 1 aromatic carbocycles. The first-order valence-electron chi connectivity index (χ1n) is 5.75. The first kappa shape index (κ1) is 11.8. The Kier molecular flexibility index (Phi) is 2.97. The molecular weight excluding hydrogens is 260 g/mol. The van der Waals surface area contributed by atoms with Crippen LogP contribution in [0.3, 0.4) is 0 Å². The zero-order chi connectivity index (χ0) is 13.2. The number of aromatic nitrogens is 2. The Balaban J connectivity index is 2.06. The van der Waals surface area contributed by atoms with Crippen LogP contribution in [0.25, 0.3) is 10.9 Å². The van der Waals surface area contributed by atoms with Crippen LogP contribution < -0.4 is 0 Å². The lowest BCUT2D eigenvalue weighted by molar-refractivity contribution is 0.103. The van der Waals surface area contributed by atoms with Crippen molar-refractivity contribution in [1.29, 1.82) is 0 Å². The van der Waals surface area contributed by atoms with Crippen LogP contribution >= 0.6 is 11.6 Å². The Morgan fingerprint density at radius 3 is 2.63 bits per heavy atom. The molecule has 3 rings (SSSR count). The molecule has 0 bridgehead atoms. The van der Waals surface area contributed by atoms with Gasteiger partial charge in [-0.2, -0.15) is 0 Å². The molecule has 0 atom stereocenters. The summed E-state index contributed by atoms with van der Waals surface area (Å²) in [6.07, 6.45) is 3.25. The molecular formula is C15H9ClN2O. The van der Waals surface area contributed by atoms with E-state index in [0.717, 1.165) is 10.9 Å². The fourth-order valence-electron chi connectivity index (χ4n) is 1.93. The third kappa shape index (κ3) is 2.33. The Morgan fingerprint density at radius 1 is 0.947 bits per heavy atom. The maximum Gasteiger partial charge on any atom is 0.193 e. The molecule has 0 fully saturated rings. The molecule has 3 nitrogen and oxygen atoms in total. The second-order valence-corrected chi connectivity index (χ2v) is 4.49. The van der Waals surface area contributed by atoms with Crippen molar-refractivity contribution in [2.45, 2.75) is 0 Å². The third-order valence-electron chi connectivity index (χ3n) is 2.85. The summed E-state index contributed by atoms with van der Waals surface area (Å²) < 4.78 is 0. The third-order valence-corrected chi connectivity index (χ3v) is 3.06. The molecule has 0 aliphatic rings. The molecule has 0 saturated heterocycles. The van der Waals surface area contributed by atoms with Crippen molar-refractivity contribution < 1.29 is 4.79 Å². The van der Waals surface area contributed by atoms with Gasteiger partial charge in [0.25, 0.3) is 0 Å². The number of carbonyl (C=O) groups is 1. The van der Waals surface area contributed by atoms with Crippen LogP contribution in [0.15, 0.2) is 54.9 Å². The van der Waals surface area contributed by atoms with Crippen molar-refractivity contribution in [3.05, 3.63) is 71.1 Å². The molecule has 0 N–H and O–H groups in total. The summed E-state index contributed by atoms with van der Waals surface area (Å²) in [4.78, 5) is 20.4. The SMILES string of the molecule is O=C(c1ccnc(Cl)c1)c1ccc2ncccc2c1. The Bertz CT molecular complexity index is 771. The number of pyridine rings is 2. The van der Waals surface area contributed by atoms with Gasteiger partial charge in [0.2, 0.25) is 0 Å². The maximum atomic E-state index is 12.3. The van der Waals surface area contributed by atoms with Crippen LogP contribution in [-0.4, -0.2) is 15.8 Å². The van der Waals surface area contributed by atoms with Gasteiger partial charge in [0.05, 0.1) is 5.52 Å². The quantitative estimate of drug-likeness (QED) is 0.528. The Labute approximate surface area is 114 Å². The van der Waals surface area contributed by atoms with E-state index in [2.05, 4.69) is 9.97 Å². The average molecular weight is 269 g/mol. The van der Waals surface area contributed by atoms with Crippen molar-refractivity contribution >= 4 is 28.3 Å². The van der Waals surface area contributed by atoms with Crippen LogP contribution in [0.4, 0.5) is 0 Å². The van der Waals surface area contributed by atoms with E-state index in [1.54, 1.807) is 24.4 Å². The predicted molar refractivity (Wildman–Crippen MR) is 74.4 cm³/mol. The number of rotatable bonds is 2. The minimum absolute atomic E-state index is 0.0740. The number of benzene rings is 1. The molecule has 19 heavy (non-hydrogen) atoms. The minimum atomic E-state index is -0.0740. The van der Waals surface area contributed by atoms with Crippen molar-refractivity contribution in [3.63, 3.8) is 0 Å². The standard InChI is InChI=1S/C15H9ClN2O/c16-14-9-12(5-7-18-14)15(19)11-3-4-13-10(8-11)2-1-6-17-13/h1-9H. The normalized spacial score (nSPS) is 10.6. The largest absolute Gasteiger partial charge is 0.289 e. The van der Waals surface area contributed by atoms with E-state index >= 15 is 0 Å². The van der Waals surface area contributed by atoms with Crippen molar-refractivity contribution in [3.8, 4) is 0 Å². The summed E-state index contributed by atoms with van der Waals surface area (Å²) in [5.41, 5.74) is 2.01. The second kappa shape index (κ2) is 4.78. The average Bonchev–Trinajstić information content (AvgIpc) is 2.46. The lowest BCUT2D eigenvalue weighted by Crippen LogP contribution is -2.01. The molecule has 0 saturated carbocycles. The Morgan fingerprint density at radius 2 is 1.79 bits per heavy atom. The van der Waals surface area contributed by atoms with Crippen LogP contribution in [0.5, 0.6) is 0 Å². The first-order valence-corrected chi connectivity index (χ1v) is 6.13. The van der Waals surface area contributed by atoms with Crippen molar-refractivity contribution in [2.24, 2.45) is 0 Å². The van der Waals surface area contributed by atoms with Gasteiger partial charge in [-0.05, 0) is 36.4 Å². The summed E-state index contributed by atoms with van der Waals surface area (Å²) in [5.74, 6) is -0.0740. The monoisotopic (exact) mass is 268 g/mol. The maximum absolute atomic E-state index is 12.3. The molecule has 0 radical (unpaired) electrons. The minimum Gasteiger partial charge on any atom is -0.289 e. The van der Waals surface area contributed by atoms with Gasteiger partial charge in [-0.3, -0.25) is 9.78 Å². The molecule has 0 unspecified atom stereocenters. The number of carbonyl (C=O) groups excluding carboxylic acids is 1. The summed E-state index contributed by atoms with van der Waals surface area (Å²) in [6.45, 7) is 0. The second-order valence-electron chi connectivity index (χ2n) is 4.11. The van der Waals surface area contributed by atoms with Gasteiger partial charge in [-0.25, -0.2) is 4.98 Å². The van der Waals surface area contributed by atoms with Gasteiger partial charge in [0.1, 0.15) is 5.15 Å². The van der Waals surface area contributed by atoms with E-state index in [1.165, 1.54) is 6.20 Å². The van der Waals surface area contributed by atoms with E-state index in [-0.39, 0.29) is 5.78 Å². The first-order chi connectivity index (χ1) is 9.24. The van der Waals surface area contributed by atoms with Crippen molar-refractivity contribution in [1.82, 2.24) is 9.97 Å². The van der Waals surface area contributed by atoms with Crippen LogP contribution in [0, 0.1) is 0 Å². The van der Waals surface area contributed by atoms with E-state index in [9.17, 15) is 4.79 Å². The highest BCUT2D eigenvalue weighted by atomic mass is 35.5. The molecule has 3 aromatic rings. The Hall–Kier alpha value is -2.26. The van der Waals surface area contributed by atoms with Crippen LogP contribution in [0.1, 0.15) is 15.9 Å². The number of hydrogen-bond acceptors (Lipinski definition) is 3. The molecule has 4 heteroatoms. The molecule has 0 aliphatic carbocycles. The molecule has 2 aromatic heterocycles. The predicted octanol–water partition coefficient (Wildman–Crippen LogP) is 3.51. The highest BCUT2D eigenvalue weighted by molar-refractivity contribution is 6.30. The van der Waals surface area contributed by atoms with Gasteiger partial charge in [-0.15, -0.1) is 0 Å². The van der Waals surface area contributed by atoms with E-state index < -0.39 is 0 Å². The summed E-state index contributed by atoms with van der Waals surface area (Å²) in [7, 11) is 0. The van der Waals surface area contributed by atoms with Gasteiger partial charge >= 0.3 is 0 Å². The molecule has 2 heterocycles. The fraction of sp³-hybridized carbons (Fsp3) is 0. The molecule has 0 spiro atoms. The number of hydrogen-bond donors (Lipinski definition) is 0. The molecule has 0 aliphatic heterocycles. The van der Waals surface area contributed by atoms with Crippen LogP contribution in [-0.2, 0) is 0 Å². The fourth-order valence-corrected chi connectivity index (χ4v) is 2.10. The summed E-state index contributed by atoms with van der Waals surface area (Å²) in [5, 5.41) is 1.25. The zero-order valence-electron chi connectivity index (χ0n) is 9.88. The van der Waals surface area contributed by atoms with Gasteiger partial charge in [0.15, 0.2) is 5.78 Å². The molecule has 0 amide bonds. The zero-order valence-corrected chi connectivity index (χ0v) is 10.6.